The maximum atomic E-state index is 13.0. The molecule has 1 aliphatic carbocycles. The van der Waals surface area contributed by atoms with Crippen molar-refractivity contribution in [1.82, 2.24) is 24.8 Å². The number of allylic oxidation sites excluding steroid dienone is 1. The number of ether oxygens (including phenoxy) is 1. The van der Waals surface area contributed by atoms with Crippen LogP contribution in [0.4, 0.5) is 6.01 Å². The number of aromatic amines is 1. The van der Waals surface area contributed by atoms with Gasteiger partial charge < -0.3 is 19.0 Å². The molecule has 1 saturated heterocycles. The predicted octanol–water partition coefficient (Wildman–Crippen LogP) is 2.56. The maximum Gasteiger partial charge on any atom is 0.302 e. The van der Waals surface area contributed by atoms with Gasteiger partial charge in [-0.15, -0.1) is 4.31 Å². The van der Waals surface area contributed by atoms with Crippen molar-refractivity contribution in [3.63, 3.8) is 0 Å². The molecule has 188 valence electrons. The van der Waals surface area contributed by atoms with Gasteiger partial charge in [0.05, 0.1) is 43.2 Å². The number of aromatic nitrogens is 3. The van der Waals surface area contributed by atoms with Crippen LogP contribution < -0.4 is 10.6 Å². The van der Waals surface area contributed by atoms with E-state index in [9.17, 15) is 13.6 Å². The minimum atomic E-state index is -3.67. The standard InChI is InChI=1S/C22H22ClN7O5S/c23-13-11-24-29-19(13)20-18-14(2-1-3-16(18)31)25-21(27-20)28-22-26-15-10-12(4-5-17(15)35-22)36(32,33)30-6-8-34-9-7-30/h4-5,10-11,20H,1-3,6-9H2,(H3-,24,25,26,27,28,29,31,32,33). The first kappa shape index (κ1) is 23.3. The van der Waals surface area contributed by atoms with E-state index in [2.05, 4.69) is 30.8 Å². The van der Waals surface area contributed by atoms with E-state index in [0.717, 1.165) is 12.1 Å². The molecule has 2 atom stereocenters. The van der Waals surface area contributed by atoms with E-state index in [1.54, 1.807) is 6.07 Å². The van der Waals surface area contributed by atoms with E-state index >= 15 is 0 Å². The zero-order valence-corrected chi connectivity index (χ0v) is 20.5. The summed E-state index contributed by atoms with van der Waals surface area (Å²) in [4.78, 5) is 21.9. The number of anilines is 1. The Balaban J connectivity index is 1.29. The number of H-pyrrole nitrogens is 1. The van der Waals surface area contributed by atoms with Gasteiger partial charge in [0.25, 0.3) is 0 Å². The molecule has 0 radical (unpaired) electrons. The van der Waals surface area contributed by atoms with Crippen molar-refractivity contribution in [2.24, 2.45) is 4.99 Å². The molecule has 36 heavy (non-hydrogen) atoms. The summed E-state index contributed by atoms with van der Waals surface area (Å²) in [5.41, 5.74) is 2.64. The fraction of sp³-hybridized carbons (Fsp3) is 0.364. The molecule has 1 fully saturated rings. The summed E-state index contributed by atoms with van der Waals surface area (Å²) in [6.07, 6.45) is 3.32. The molecule has 4 heterocycles. The minimum Gasteiger partial charge on any atom is -0.593 e. The number of rotatable bonds is 4. The van der Waals surface area contributed by atoms with Crippen LogP contribution in [0.25, 0.3) is 11.1 Å². The molecular weight excluding hydrogens is 510 g/mol. The SMILES string of the molecule is O=C1CCCC2=C1C(c1[nH]ncc1Cl)N=C(Nc1nc3cc([S+](=O)([O-])N4CCOCC4)ccc3o1)N2. The number of Topliss-reactive ketones (excluding diaryl/α,β-unsaturated/α-hetero) is 1. The average Bonchev–Trinajstić information content (AvgIpc) is 3.49. The smallest absolute Gasteiger partial charge is 0.302 e. The molecule has 14 heteroatoms. The third kappa shape index (κ3) is 4.12. The van der Waals surface area contributed by atoms with Gasteiger partial charge in [0, 0.05) is 23.8 Å². The van der Waals surface area contributed by atoms with Crippen molar-refractivity contribution >= 4 is 50.9 Å². The molecule has 3 aromatic rings. The predicted molar refractivity (Wildman–Crippen MR) is 130 cm³/mol. The number of morpholine rings is 1. The van der Waals surface area contributed by atoms with Gasteiger partial charge in [0.2, 0.25) is 5.96 Å². The molecule has 0 bridgehead atoms. The van der Waals surface area contributed by atoms with Crippen molar-refractivity contribution in [3.8, 4) is 0 Å². The molecule has 2 unspecified atom stereocenters. The van der Waals surface area contributed by atoms with Crippen molar-refractivity contribution in [2.75, 3.05) is 31.6 Å². The van der Waals surface area contributed by atoms with Crippen LogP contribution in [0.5, 0.6) is 0 Å². The highest BCUT2D eigenvalue weighted by atomic mass is 35.5. The van der Waals surface area contributed by atoms with Crippen molar-refractivity contribution in [1.29, 1.82) is 0 Å². The number of halogens is 1. The Morgan fingerprint density at radius 3 is 2.86 bits per heavy atom. The van der Waals surface area contributed by atoms with E-state index in [1.165, 1.54) is 22.6 Å². The number of hydrogen-bond donors (Lipinski definition) is 3. The number of aliphatic imine (C=N–C) groups is 1. The highest BCUT2D eigenvalue weighted by Gasteiger charge is 2.35. The monoisotopic (exact) mass is 531 g/mol. The number of guanidine groups is 1. The van der Waals surface area contributed by atoms with Gasteiger partial charge in [0.1, 0.15) is 11.6 Å². The van der Waals surface area contributed by atoms with Crippen molar-refractivity contribution in [2.45, 2.75) is 30.2 Å². The maximum absolute atomic E-state index is 13.0. The third-order valence-electron chi connectivity index (χ3n) is 6.34. The molecule has 3 aliphatic rings. The molecule has 2 aliphatic heterocycles. The Labute approximate surface area is 211 Å². The molecule has 12 nitrogen and oxygen atoms in total. The van der Waals surface area contributed by atoms with Gasteiger partial charge in [-0.3, -0.25) is 15.2 Å². The topological polar surface area (TPSA) is 161 Å². The van der Waals surface area contributed by atoms with E-state index in [-0.39, 0.29) is 16.7 Å². The highest BCUT2D eigenvalue weighted by Crippen LogP contribution is 2.38. The second-order valence-corrected chi connectivity index (χ2v) is 10.9. The number of oxazole rings is 1. The normalized spacial score (nSPS) is 22.7. The Morgan fingerprint density at radius 1 is 1.25 bits per heavy atom. The number of fused-ring (bicyclic) bond motifs is 1. The zero-order chi connectivity index (χ0) is 24.9. The lowest BCUT2D eigenvalue weighted by atomic mass is 9.88. The number of carbonyl (C=O) groups excluding carboxylic acids is 1. The van der Waals surface area contributed by atoms with Gasteiger partial charge in [-0.25, -0.2) is 4.99 Å². The minimum absolute atomic E-state index is 0.0121. The van der Waals surface area contributed by atoms with Crippen LogP contribution in [0.15, 0.2) is 50.0 Å². The third-order valence-corrected chi connectivity index (χ3v) is 8.54. The number of sulfonamides is 1. The first-order valence-corrected chi connectivity index (χ1v) is 13.3. The fourth-order valence-electron chi connectivity index (χ4n) is 4.58. The Kier molecular flexibility index (Phi) is 5.88. The molecule has 1 aromatic carbocycles. The lowest BCUT2D eigenvalue weighted by molar-refractivity contribution is -0.116. The van der Waals surface area contributed by atoms with Crippen LogP contribution in [-0.2, 0) is 24.1 Å². The second-order valence-electron chi connectivity index (χ2n) is 8.60. The summed E-state index contributed by atoms with van der Waals surface area (Å²) in [5, 5.41) is 13.4. The van der Waals surface area contributed by atoms with Crippen LogP contribution >= 0.6 is 11.6 Å². The molecule has 0 amide bonds. The number of nitrogens with zero attached hydrogens (tertiary/aromatic N) is 4. The summed E-state index contributed by atoms with van der Waals surface area (Å²) in [7, 11) is -3.67. The quantitative estimate of drug-likeness (QED) is 0.429. The molecule has 3 N–H and O–H groups in total. The summed E-state index contributed by atoms with van der Waals surface area (Å²) in [5.74, 6) is 0.338. The van der Waals surface area contributed by atoms with E-state index < -0.39 is 16.4 Å². The number of benzene rings is 1. The van der Waals surface area contributed by atoms with Gasteiger partial charge in [-0.05, 0) is 25.0 Å². The summed E-state index contributed by atoms with van der Waals surface area (Å²) in [6, 6.07) is 4.03. The Morgan fingerprint density at radius 2 is 2.08 bits per heavy atom. The first-order chi connectivity index (χ1) is 17.4. The number of ketones is 1. The van der Waals surface area contributed by atoms with Crippen LogP contribution in [0.3, 0.4) is 0 Å². The van der Waals surface area contributed by atoms with E-state index in [0.29, 0.717) is 72.5 Å². The zero-order valence-electron chi connectivity index (χ0n) is 19.0. The highest BCUT2D eigenvalue weighted by molar-refractivity contribution is 7.95. The van der Waals surface area contributed by atoms with E-state index in [4.69, 9.17) is 20.8 Å². The van der Waals surface area contributed by atoms with Crippen molar-refractivity contribution in [3.05, 3.63) is 46.4 Å². The second kappa shape index (κ2) is 9.09. The fourth-order valence-corrected chi connectivity index (χ4v) is 6.21. The molecule has 0 spiro atoms. The molecular formula is C22H22ClN7O5S. The first-order valence-electron chi connectivity index (χ1n) is 11.5. The Hall–Kier alpha value is -3.10. The molecule has 0 saturated carbocycles. The lowest BCUT2D eigenvalue weighted by Crippen LogP contribution is -2.44. The van der Waals surface area contributed by atoms with Gasteiger partial charge in [-0.1, -0.05) is 15.8 Å². The lowest BCUT2D eigenvalue weighted by Gasteiger charge is -2.29. The van der Waals surface area contributed by atoms with Crippen LogP contribution in [-0.4, -0.2) is 62.1 Å². The van der Waals surface area contributed by atoms with Gasteiger partial charge >= 0.3 is 6.01 Å². The number of carbonyl (C=O) groups is 1. The van der Waals surface area contributed by atoms with E-state index in [1.807, 2.05) is 0 Å². The number of nitrogens with one attached hydrogen (secondary N) is 3. The number of hydrogen-bond acceptors (Lipinski definition) is 10. The van der Waals surface area contributed by atoms with Crippen LogP contribution in [0, 0.1) is 0 Å². The summed E-state index contributed by atoms with van der Waals surface area (Å²) >= 11 is 6.29. The molecule has 6 rings (SSSR count). The van der Waals surface area contributed by atoms with Crippen molar-refractivity contribution < 1.29 is 22.7 Å². The Bertz CT molecular complexity index is 1460. The summed E-state index contributed by atoms with van der Waals surface area (Å²) in [6.45, 7) is 1.34. The van der Waals surface area contributed by atoms with Crippen LogP contribution in [0.2, 0.25) is 5.02 Å². The average molecular weight is 532 g/mol. The summed E-state index contributed by atoms with van der Waals surface area (Å²) < 4.78 is 38.5. The van der Waals surface area contributed by atoms with Gasteiger partial charge in [0.15, 0.2) is 26.7 Å². The van der Waals surface area contributed by atoms with Crippen LogP contribution in [0.1, 0.15) is 31.0 Å². The molecule has 2 aromatic heterocycles. The largest absolute Gasteiger partial charge is 0.593 e. The van der Waals surface area contributed by atoms with Gasteiger partial charge in [-0.2, -0.15) is 10.1 Å².